The third-order valence-electron chi connectivity index (χ3n) is 2.51. The molecule has 20 heavy (non-hydrogen) atoms. The van der Waals surface area contributed by atoms with Crippen LogP contribution in [0.4, 0.5) is 5.69 Å². The van der Waals surface area contributed by atoms with Gasteiger partial charge in [0.2, 0.25) is 15.9 Å². The molecule has 0 atom stereocenters. The van der Waals surface area contributed by atoms with E-state index in [1.807, 2.05) is 0 Å². The number of nitrogens with two attached hydrogens (primary N) is 2. The smallest absolute Gasteiger partial charge is 0.238 e. The molecular formula is C12H19N3O4S. The highest BCUT2D eigenvalue weighted by molar-refractivity contribution is 7.89. The van der Waals surface area contributed by atoms with Gasteiger partial charge in [0.15, 0.2) is 0 Å². The van der Waals surface area contributed by atoms with E-state index in [0.717, 1.165) is 0 Å². The SMILES string of the molecule is CC(C)(NS(=O)(=O)CCOc1cccc(N)c1)C(N)=O. The van der Waals surface area contributed by atoms with Crippen LogP contribution in [0, 0.1) is 0 Å². The molecule has 0 fully saturated rings. The topological polar surface area (TPSA) is 125 Å². The molecule has 0 heterocycles. The van der Waals surface area contributed by atoms with E-state index in [4.69, 9.17) is 16.2 Å². The van der Waals surface area contributed by atoms with Crippen molar-refractivity contribution in [2.75, 3.05) is 18.1 Å². The van der Waals surface area contributed by atoms with E-state index in [-0.39, 0.29) is 12.4 Å². The summed E-state index contributed by atoms with van der Waals surface area (Å²) in [6.45, 7) is 2.73. The third kappa shape index (κ3) is 5.06. The van der Waals surface area contributed by atoms with E-state index in [2.05, 4.69) is 4.72 Å². The number of rotatable bonds is 7. The maximum absolute atomic E-state index is 11.8. The first-order valence-electron chi connectivity index (χ1n) is 5.92. The summed E-state index contributed by atoms with van der Waals surface area (Å²) in [5, 5.41) is 0. The molecule has 0 aliphatic rings. The van der Waals surface area contributed by atoms with Gasteiger partial charge in [0.25, 0.3) is 0 Å². The van der Waals surface area contributed by atoms with Crippen molar-refractivity contribution in [1.29, 1.82) is 0 Å². The van der Waals surface area contributed by atoms with Crippen molar-refractivity contribution in [2.24, 2.45) is 5.73 Å². The molecule has 0 spiro atoms. The zero-order valence-corrected chi connectivity index (χ0v) is 12.2. The number of sulfonamides is 1. The lowest BCUT2D eigenvalue weighted by Crippen LogP contribution is -2.53. The summed E-state index contributed by atoms with van der Waals surface area (Å²) < 4.78 is 31.1. The molecule has 1 aromatic rings. The molecule has 0 aliphatic heterocycles. The fourth-order valence-electron chi connectivity index (χ4n) is 1.36. The molecule has 0 bridgehead atoms. The minimum Gasteiger partial charge on any atom is -0.492 e. The van der Waals surface area contributed by atoms with Gasteiger partial charge in [-0.25, -0.2) is 13.1 Å². The van der Waals surface area contributed by atoms with Crippen LogP contribution in [0.25, 0.3) is 0 Å². The summed E-state index contributed by atoms with van der Waals surface area (Å²) in [5.74, 6) is -0.564. The van der Waals surface area contributed by atoms with Crippen LogP contribution in [0.5, 0.6) is 5.75 Å². The first-order valence-corrected chi connectivity index (χ1v) is 7.57. The molecular weight excluding hydrogens is 282 g/mol. The monoisotopic (exact) mass is 301 g/mol. The van der Waals surface area contributed by atoms with Gasteiger partial charge in [0.1, 0.15) is 17.9 Å². The van der Waals surface area contributed by atoms with Crippen molar-refractivity contribution in [2.45, 2.75) is 19.4 Å². The second-order valence-electron chi connectivity index (χ2n) is 4.83. The number of hydrogen-bond acceptors (Lipinski definition) is 5. The Morgan fingerprint density at radius 1 is 1.40 bits per heavy atom. The van der Waals surface area contributed by atoms with Gasteiger partial charge in [-0.05, 0) is 26.0 Å². The number of amides is 1. The van der Waals surface area contributed by atoms with E-state index in [0.29, 0.717) is 11.4 Å². The number of nitrogen functional groups attached to an aromatic ring is 1. The second kappa shape index (κ2) is 6.10. The lowest BCUT2D eigenvalue weighted by Gasteiger charge is -2.21. The zero-order valence-electron chi connectivity index (χ0n) is 11.4. The van der Waals surface area contributed by atoms with Gasteiger partial charge >= 0.3 is 0 Å². The molecule has 0 unspecified atom stereocenters. The van der Waals surface area contributed by atoms with Crippen molar-refractivity contribution in [3.63, 3.8) is 0 Å². The average Bonchev–Trinajstić information content (AvgIpc) is 2.26. The summed E-state index contributed by atoms with van der Waals surface area (Å²) in [6.07, 6.45) is 0. The summed E-state index contributed by atoms with van der Waals surface area (Å²) >= 11 is 0. The molecule has 0 aromatic heterocycles. The first-order chi connectivity index (χ1) is 9.12. The number of carbonyl (C=O) groups is 1. The normalized spacial score (nSPS) is 12.1. The number of hydrogen-bond donors (Lipinski definition) is 3. The third-order valence-corrected chi connectivity index (χ3v) is 4.03. The molecule has 112 valence electrons. The van der Waals surface area contributed by atoms with Crippen molar-refractivity contribution in [3.8, 4) is 5.75 Å². The van der Waals surface area contributed by atoms with Gasteiger partial charge in [-0.1, -0.05) is 6.07 Å². The van der Waals surface area contributed by atoms with Crippen LogP contribution in [0.2, 0.25) is 0 Å². The maximum Gasteiger partial charge on any atom is 0.238 e. The van der Waals surface area contributed by atoms with Gasteiger partial charge in [-0.3, -0.25) is 4.79 Å². The molecule has 1 rings (SSSR count). The van der Waals surface area contributed by atoms with Crippen LogP contribution in [0.3, 0.4) is 0 Å². The van der Waals surface area contributed by atoms with Crippen molar-refractivity contribution in [1.82, 2.24) is 4.72 Å². The number of benzene rings is 1. The Hall–Kier alpha value is -1.80. The Morgan fingerprint density at radius 3 is 2.60 bits per heavy atom. The number of ether oxygens (including phenoxy) is 1. The predicted octanol–water partition coefficient (Wildman–Crippen LogP) is -0.169. The standard InChI is InChI=1S/C12H19N3O4S/c1-12(2,11(14)16)15-20(17,18)7-6-19-10-5-3-4-9(13)8-10/h3-5,8,15H,6-7,13H2,1-2H3,(H2,14,16). The van der Waals surface area contributed by atoms with Gasteiger partial charge < -0.3 is 16.2 Å². The highest BCUT2D eigenvalue weighted by atomic mass is 32.2. The van der Waals surface area contributed by atoms with Crippen molar-refractivity contribution >= 4 is 21.6 Å². The van der Waals surface area contributed by atoms with Crippen LogP contribution in [0.15, 0.2) is 24.3 Å². The van der Waals surface area contributed by atoms with Crippen LogP contribution in [-0.4, -0.2) is 32.2 Å². The molecule has 0 saturated heterocycles. The maximum atomic E-state index is 11.8. The molecule has 0 aliphatic carbocycles. The highest BCUT2D eigenvalue weighted by Gasteiger charge is 2.30. The molecule has 1 aromatic carbocycles. The summed E-state index contributed by atoms with van der Waals surface area (Å²) in [7, 11) is -3.67. The molecule has 1 amide bonds. The minimum absolute atomic E-state index is 0.0619. The van der Waals surface area contributed by atoms with Gasteiger partial charge in [-0.2, -0.15) is 0 Å². The van der Waals surface area contributed by atoms with Crippen LogP contribution < -0.4 is 20.9 Å². The number of carbonyl (C=O) groups excluding carboxylic acids is 1. The lowest BCUT2D eigenvalue weighted by atomic mass is 10.1. The van der Waals surface area contributed by atoms with E-state index < -0.39 is 21.5 Å². The van der Waals surface area contributed by atoms with Gasteiger partial charge in [-0.15, -0.1) is 0 Å². The quantitative estimate of drug-likeness (QED) is 0.603. The second-order valence-corrected chi connectivity index (χ2v) is 6.67. The van der Waals surface area contributed by atoms with E-state index in [1.165, 1.54) is 13.8 Å². The minimum atomic E-state index is -3.67. The Morgan fingerprint density at radius 2 is 2.05 bits per heavy atom. The Balaban J connectivity index is 2.54. The Bertz CT molecular complexity index is 584. The first kappa shape index (κ1) is 16.3. The summed E-state index contributed by atoms with van der Waals surface area (Å²) in [6, 6.07) is 6.66. The van der Waals surface area contributed by atoms with Gasteiger partial charge in [0, 0.05) is 11.8 Å². The predicted molar refractivity (Wildman–Crippen MR) is 76.5 cm³/mol. The van der Waals surface area contributed by atoms with Crippen LogP contribution in [-0.2, 0) is 14.8 Å². The van der Waals surface area contributed by atoms with Gasteiger partial charge in [0.05, 0.1) is 5.75 Å². The van der Waals surface area contributed by atoms with E-state index in [9.17, 15) is 13.2 Å². The zero-order chi connectivity index (χ0) is 15.4. The molecule has 5 N–H and O–H groups in total. The molecule has 0 saturated carbocycles. The number of nitrogens with one attached hydrogen (secondary N) is 1. The summed E-state index contributed by atoms with van der Waals surface area (Å²) in [4.78, 5) is 11.1. The summed E-state index contributed by atoms with van der Waals surface area (Å²) in [5.41, 5.74) is 9.86. The average molecular weight is 301 g/mol. The fraction of sp³-hybridized carbons (Fsp3) is 0.417. The lowest BCUT2D eigenvalue weighted by molar-refractivity contribution is -0.122. The van der Waals surface area contributed by atoms with Crippen LogP contribution >= 0.6 is 0 Å². The highest BCUT2D eigenvalue weighted by Crippen LogP contribution is 2.14. The van der Waals surface area contributed by atoms with Crippen molar-refractivity contribution < 1.29 is 17.9 Å². The van der Waals surface area contributed by atoms with E-state index >= 15 is 0 Å². The number of anilines is 1. The fourth-order valence-corrected chi connectivity index (χ4v) is 2.65. The Kier molecular flexibility index (Phi) is 4.96. The van der Waals surface area contributed by atoms with Crippen LogP contribution in [0.1, 0.15) is 13.8 Å². The molecule has 0 radical (unpaired) electrons. The van der Waals surface area contributed by atoms with E-state index in [1.54, 1.807) is 24.3 Å². The number of primary amides is 1. The molecule has 7 nitrogen and oxygen atoms in total. The Labute approximate surface area is 118 Å². The largest absolute Gasteiger partial charge is 0.492 e. The van der Waals surface area contributed by atoms with Crippen molar-refractivity contribution in [3.05, 3.63) is 24.3 Å². The molecule has 8 heteroatoms.